The van der Waals surface area contributed by atoms with Gasteiger partial charge in [0.05, 0.1) is 18.2 Å². The summed E-state index contributed by atoms with van der Waals surface area (Å²) in [4.78, 5) is 0. The summed E-state index contributed by atoms with van der Waals surface area (Å²) in [5.74, 6) is 0.187. The number of aliphatic hydroxyl groups excluding tert-OH is 1. The molecule has 2 rings (SSSR count). The van der Waals surface area contributed by atoms with Gasteiger partial charge >= 0.3 is 0 Å². The number of aliphatic hydroxyl groups is 1. The van der Waals surface area contributed by atoms with E-state index in [9.17, 15) is 9.50 Å². The minimum atomic E-state index is -0.799. The lowest BCUT2D eigenvalue weighted by Gasteiger charge is -2.14. The van der Waals surface area contributed by atoms with Gasteiger partial charge in [-0.05, 0) is 29.8 Å². The molecule has 0 aliphatic heterocycles. The lowest BCUT2D eigenvalue weighted by atomic mass is 10.1. The quantitative estimate of drug-likeness (QED) is 0.885. The molecule has 3 nitrogen and oxygen atoms in total. The Morgan fingerprint density at radius 3 is 2.80 bits per heavy atom. The van der Waals surface area contributed by atoms with Crippen LogP contribution in [-0.4, -0.2) is 18.8 Å². The first-order valence-electron chi connectivity index (χ1n) is 6.11. The second-order valence-corrected chi connectivity index (χ2v) is 4.71. The molecule has 2 N–H and O–H groups in total. The van der Waals surface area contributed by atoms with Crippen LogP contribution in [0.4, 0.5) is 10.1 Å². The molecule has 0 bridgehead atoms. The lowest BCUT2D eigenvalue weighted by molar-refractivity contribution is 0.191. The van der Waals surface area contributed by atoms with Gasteiger partial charge in [-0.15, -0.1) is 0 Å². The summed E-state index contributed by atoms with van der Waals surface area (Å²) in [5.41, 5.74) is 1.29. The summed E-state index contributed by atoms with van der Waals surface area (Å²) in [6.45, 7) is 0.258. The van der Waals surface area contributed by atoms with Crippen molar-refractivity contribution < 1.29 is 14.2 Å². The number of nitrogens with one attached hydrogen (secondary N) is 1. The Bertz CT molecular complexity index is 592. The minimum absolute atomic E-state index is 0.258. The Labute approximate surface area is 122 Å². The van der Waals surface area contributed by atoms with Crippen LogP contribution in [0.15, 0.2) is 42.5 Å². The van der Waals surface area contributed by atoms with Crippen molar-refractivity contribution in [3.05, 3.63) is 58.9 Å². The van der Waals surface area contributed by atoms with E-state index in [1.807, 2.05) is 0 Å². The molecule has 20 heavy (non-hydrogen) atoms. The normalized spacial score (nSPS) is 12.0. The Kier molecular flexibility index (Phi) is 4.82. The van der Waals surface area contributed by atoms with Crippen LogP contribution in [0, 0.1) is 5.82 Å². The standard InChI is InChI=1S/C15H15ClFNO2/c1-20-15-8-12(5-6-13(15)16)18-9-14(19)10-3-2-4-11(17)7-10/h2-8,14,18-19H,9H2,1H3. The maximum absolute atomic E-state index is 13.1. The summed E-state index contributed by atoms with van der Waals surface area (Å²) in [7, 11) is 1.53. The average Bonchev–Trinajstić information content (AvgIpc) is 2.46. The van der Waals surface area contributed by atoms with E-state index in [0.29, 0.717) is 16.3 Å². The molecule has 0 aromatic heterocycles. The van der Waals surface area contributed by atoms with Crippen molar-refractivity contribution >= 4 is 17.3 Å². The highest BCUT2D eigenvalue weighted by Gasteiger charge is 2.09. The largest absolute Gasteiger partial charge is 0.495 e. The van der Waals surface area contributed by atoms with Gasteiger partial charge in [-0.3, -0.25) is 0 Å². The Balaban J connectivity index is 2.01. The summed E-state index contributed by atoms with van der Waals surface area (Å²) in [6.07, 6.45) is -0.799. The third kappa shape index (κ3) is 3.62. The highest BCUT2D eigenvalue weighted by molar-refractivity contribution is 6.32. The second kappa shape index (κ2) is 6.59. The molecule has 0 spiro atoms. The molecular formula is C15H15ClFNO2. The van der Waals surface area contributed by atoms with E-state index < -0.39 is 6.10 Å². The van der Waals surface area contributed by atoms with Gasteiger partial charge in [0.1, 0.15) is 11.6 Å². The Morgan fingerprint density at radius 1 is 1.30 bits per heavy atom. The average molecular weight is 296 g/mol. The van der Waals surface area contributed by atoms with Crippen LogP contribution in [0.1, 0.15) is 11.7 Å². The molecule has 1 unspecified atom stereocenters. The maximum atomic E-state index is 13.1. The summed E-state index contributed by atoms with van der Waals surface area (Å²) in [6, 6.07) is 11.1. The molecule has 1 atom stereocenters. The van der Waals surface area contributed by atoms with Gasteiger partial charge in [0, 0.05) is 18.3 Å². The SMILES string of the molecule is COc1cc(NCC(O)c2cccc(F)c2)ccc1Cl. The summed E-state index contributed by atoms with van der Waals surface area (Å²) >= 11 is 5.93. The van der Waals surface area contributed by atoms with Gasteiger partial charge in [-0.25, -0.2) is 4.39 Å². The molecular weight excluding hydrogens is 281 g/mol. The van der Waals surface area contributed by atoms with Gasteiger partial charge < -0.3 is 15.2 Å². The van der Waals surface area contributed by atoms with Crippen molar-refractivity contribution in [1.82, 2.24) is 0 Å². The maximum Gasteiger partial charge on any atom is 0.139 e. The first kappa shape index (κ1) is 14.6. The van der Waals surface area contributed by atoms with E-state index in [1.54, 1.807) is 30.3 Å². The monoisotopic (exact) mass is 295 g/mol. The molecule has 2 aromatic carbocycles. The number of hydrogen-bond donors (Lipinski definition) is 2. The number of benzene rings is 2. The van der Waals surface area contributed by atoms with E-state index in [4.69, 9.17) is 16.3 Å². The molecule has 0 saturated heterocycles. The fourth-order valence-corrected chi connectivity index (χ4v) is 2.01. The third-order valence-corrected chi connectivity index (χ3v) is 3.20. The molecule has 5 heteroatoms. The fourth-order valence-electron chi connectivity index (χ4n) is 1.82. The van der Waals surface area contributed by atoms with Gasteiger partial charge in [0.15, 0.2) is 0 Å². The van der Waals surface area contributed by atoms with Crippen LogP contribution >= 0.6 is 11.6 Å². The molecule has 2 aromatic rings. The highest BCUT2D eigenvalue weighted by atomic mass is 35.5. The second-order valence-electron chi connectivity index (χ2n) is 4.30. The van der Waals surface area contributed by atoms with Crippen molar-refractivity contribution in [1.29, 1.82) is 0 Å². The van der Waals surface area contributed by atoms with Crippen LogP contribution in [-0.2, 0) is 0 Å². The van der Waals surface area contributed by atoms with Gasteiger partial charge in [-0.2, -0.15) is 0 Å². The van der Waals surface area contributed by atoms with Crippen LogP contribution in [0.5, 0.6) is 5.75 Å². The fraction of sp³-hybridized carbons (Fsp3) is 0.200. The van der Waals surface area contributed by atoms with E-state index in [0.717, 1.165) is 5.69 Å². The van der Waals surface area contributed by atoms with Gasteiger partial charge in [-0.1, -0.05) is 23.7 Å². The molecule has 0 aliphatic carbocycles. The number of hydrogen-bond acceptors (Lipinski definition) is 3. The number of anilines is 1. The van der Waals surface area contributed by atoms with Crippen molar-refractivity contribution in [2.24, 2.45) is 0 Å². The van der Waals surface area contributed by atoms with Gasteiger partial charge in [0.2, 0.25) is 0 Å². The molecule has 0 radical (unpaired) electrons. The molecule has 0 saturated carbocycles. The lowest BCUT2D eigenvalue weighted by Crippen LogP contribution is -2.12. The Hall–Kier alpha value is -1.78. The first-order valence-corrected chi connectivity index (χ1v) is 6.49. The van der Waals surface area contributed by atoms with Crippen LogP contribution < -0.4 is 10.1 Å². The Morgan fingerprint density at radius 2 is 2.10 bits per heavy atom. The first-order chi connectivity index (χ1) is 9.60. The zero-order valence-corrected chi connectivity index (χ0v) is 11.7. The minimum Gasteiger partial charge on any atom is -0.495 e. The van der Waals surface area contributed by atoms with E-state index in [-0.39, 0.29) is 12.4 Å². The van der Waals surface area contributed by atoms with Crippen LogP contribution in [0.3, 0.4) is 0 Å². The topological polar surface area (TPSA) is 41.5 Å². The molecule has 106 valence electrons. The third-order valence-electron chi connectivity index (χ3n) is 2.88. The van der Waals surface area contributed by atoms with Gasteiger partial charge in [0.25, 0.3) is 0 Å². The van der Waals surface area contributed by atoms with Crippen molar-refractivity contribution in [3.63, 3.8) is 0 Å². The molecule has 0 fully saturated rings. The van der Waals surface area contributed by atoms with E-state index in [1.165, 1.54) is 19.2 Å². The van der Waals surface area contributed by atoms with Crippen molar-refractivity contribution in [2.75, 3.05) is 19.0 Å². The molecule has 0 heterocycles. The van der Waals surface area contributed by atoms with Crippen LogP contribution in [0.2, 0.25) is 5.02 Å². The van der Waals surface area contributed by atoms with Crippen molar-refractivity contribution in [3.8, 4) is 5.75 Å². The summed E-state index contributed by atoms with van der Waals surface area (Å²) < 4.78 is 18.2. The van der Waals surface area contributed by atoms with E-state index in [2.05, 4.69) is 5.32 Å². The van der Waals surface area contributed by atoms with Crippen molar-refractivity contribution in [2.45, 2.75) is 6.10 Å². The highest BCUT2D eigenvalue weighted by Crippen LogP contribution is 2.27. The zero-order valence-electron chi connectivity index (χ0n) is 10.9. The number of ether oxygens (including phenoxy) is 1. The smallest absolute Gasteiger partial charge is 0.139 e. The van der Waals surface area contributed by atoms with Crippen LogP contribution in [0.25, 0.3) is 0 Å². The zero-order chi connectivity index (χ0) is 14.5. The predicted molar refractivity (Wildman–Crippen MR) is 77.9 cm³/mol. The number of methoxy groups -OCH3 is 1. The number of halogens is 2. The number of rotatable bonds is 5. The molecule has 0 amide bonds. The predicted octanol–water partition coefficient (Wildman–Crippen LogP) is 3.63. The molecule has 0 aliphatic rings. The van der Waals surface area contributed by atoms with E-state index >= 15 is 0 Å². The summed E-state index contributed by atoms with van der Waals surface area (Å²) in [5, 5.41) is 13.6.